The van der Waals surface area contributed by atoms with Gasteiger partial charge in [-0.2, -0.15) is 0 Å². The van der Waals surface area contributed by atoms with Crippen molar-refractivity contribution in [2.24, 2.45) is 40.4 Å². The molecule has 1 aromatic rings. The fourth-order valence-electron chi connectivity index (χ4n) is 9.37. The number of pyridine rings is 1. The van der Waals surface area contributed by atoms with E-state index in [2.05, 4.69) is 31.8 Å². The molecule has 9 atom stereocenters. The highest BCUT2D eigenvalue weighted by molar-refractivity contribution is 5.13. The Morgan fingerprint density at radius 1 is 1.03 bits per heavy atom. The zero-order valence-corrected chi connectivity index (χ0v) is 19.9. The Hall–Kier alpha value is -0.930. The van der Waals surface area contributed by atoms with Gasteiger partial charge in [0.1, 0.15) is 0 Å². The van der Waals surface area contributed by atoms with Crippen molar-refractivity contribution >= 4 is 0 Å². The van der Waals surface area contributed by atoms with Crippen molar-refractivity contribution in [2.75, 3.05) is 0 Å². The number of rotatable bonds is 4. The lowest BCUT2D eigenvalue weighted by atomic mass is 9.44. The number of fused-ring (bicyclic) bond motifs is 5. The van der Waals surface area contributed by atoms with Crippen LogP contribution in [0.15, 0.2) is 24.5 Å². The minimum atomic E-state index is -0.609. The van der Waals surface area contributed by atoms with Gasteiger partial charge in [-0.3, -0.25) is 4.98 Å². The van der Waals surface area contributed by atoms with Crippen LogP contribution < -0.4 is 0 Å². The summed E-state index contributed by atoms with van der Waals surface area (Å²) in [5.74, 6) is 3.55. The van der Waals surface area contributed by atoms with Crippen molar-refractivity contribution in [2.45, 2.75) is 103 Å². The van der Waals surface area contributed by atoms with Crippen molar-refractivity contribution in [1.82, 2.24) is 4.98 Å². The van der Waals surface area contributed by atoms with Crippen LogP contribution >= 0.6 is 0 Å². The second-order valence-electron chi connectivity index (χ2n) is 12.5. The summed E-state index contributed by atoms with van der Waals surface area (Å²) in [4.78, 5) is 4.25. The predicted molar refractivity (Wildman–Crippen MR) is 124 cm³/mol. The van der Waals surface area contributed by atoms with Gasteiger partial charge in [-0.15, -0.1) is 0 Å². The van der Waals surface area contributed by atoms with E-state index in [4.69, 9.17) is 0 Å². The lowest BCUT2D eigenvalue weighted by molar-refractivity contribution is -0.144. The first-order valence-electron chi connectivity index (χ1n) is 13.0. The quantitative estimate of drug-likeness (QED) is 0.642. The molecule has 2 unspecified atom stereocenters. The van der Waals surface area contributed by atoms with E-state index >= 15 is 0 Å². The highest BCUT2D eigenvalue weighted by atomic mass is 16.3. The summed E-state index contributed by atoms with van der Waals surface area (Å²) >= 11 is 0. The Morgan fingerprint density at radius 2 is 1.81 bits per heavy atom. The first-order valence-corrected chi connectivity index (χ1v) is 13.0. The van der Waals surface area contributed by atoms with Crippen molar-refractivity contribution in [3.05, 3.63) is 30.1 Å². The van der Waals surface area contributed by atoms with E-state index in [9.17, 15) is 10.2 Å². The molecule has 0 bridgehead atoms. The second-order valence-corrected chi connectivity index (χ2v) is 12.5. The molecule has 0 saturated heterocycles. The molecule has 172 valence electrons. The zero-order valence-electron chi connectivity index (χ0n) is 19.9. The highest BCUT2D eigenvalue weighted by Crippen LogP contribution is 2.68. The van der Waals surface area contributed by atoms with Crippen LogP contribution in [0.4, 0.5) is 0 Å². The molecule has 0 aromatic carbocycles. The van der Waals surface area contributed by atoms with Crippen molar-refractivity contribution in [3.63, 3.8) is 0 Å². The number of aliphatic hydroxyl groups excluding tert-OH is 1. The molecule has 4 saturated carbocycles. The lowest BCUT2D eigenvalue weighted by Gasteiger charge is -2.61. The van der Waals surface area contributed by atoms with E-state index in [1.54, 1.807) is 0 Å². The number of aromatic nitrogens is 1. The van der Waals surface area contributed by atoms with Gasteiger partial charge in [0.05, 0.1) is 11.7 Å². The summed E-state index contributed by atoms with van der Waals surface area (Å²) in [7, 11) is 0. The van der Waals surface area contributed by atoms with E-state index in [0.29, 0.717) is 11.3 Å². The van der Waals surface area contributed by atoms with Gasteiger partial charge in [0.2, 0.25) is 0 Å². The maximum absolute atomic E-state index is 11.7. The Balaban J connectivity index is 1.33. The molecule has 4 aliphatic carbocycles. The Kier molecular flexibility index (Phi) is 5.53. The molecule has 1 heterocycles. The van der Waals surface area contributed by atoms with Crippen LogP contribution in [0.3, 0.4) is 0 Å². The average molecular weight is 426 g/mol. The highest BCUT2D eigenvalue weighted by Gasteiger charge is 2.62. The normalized spacial score (nSPS) is 46.5. The molecule has 3 heteroatoms. The SMILES string of the molecule is CC(O)(CCc1cccnc1)[C@H]1CC[C@H]2[C@@H]3CCC4C[C@@H](O)CC[C@]4(C)[C@H]3CC[C@]12C. The van der Waals surface area contributed by atoms with E-state index in [-0.39, 0.29) is 11.5 Å². The van der Waals surface area contributed by atoms with Crippen LogP contribution in [0.1, 0.15) is 90.5 Å². The topological polar surface area (TPSA) is 53.4 Å². The number of aliphatic hydroxyl groups is 2. The van der Waals surface area contributed by atoms with Crippen LogP contribution in [0.5, 0.6) is 0 Å². The number of aryl methyl sites for hydroxylation is 1. The largest absolute Gasteiger partial charge is 0.393 e. The fraction of sp³-hybridized carbons (Fsp3) is 0.821. The molecular formula is C28H43NO2. The molecule has 4 aliphatic rings. The van der Waals surface area contributed by atoms with Crippen LogP contribution in [0.2, 0.25) is 0 Å². The van der Waals surface area contributed by atoms with E-state index in [0.717, 1.165) is 49.4 Å². The Morgan fingerprint density at radius 3 is 2.58 bits per heavy atom. The maximum atomic E-state index is 11.7. The third kappa shape index (κ3) is 3.59. The van der Waals surface area contributed by atoms with Crippen LogP contribution in [-0.2, 0) is 6.42 Å². The van der Waals surface area contributed by atoms with E-state index in [1.165, 1.54) is 50.5 Å². The van der Waals surface area contributed by atoms with Crippen LogP contribution in [0.25, 0.3) is 0 Å². The van der Waals surface area contributed by atoms with Crippen molar-refractivity contribution < 1.29 is 10.2 Å². The molecule has 2 N–H and O–H groups in total. The summed E-state index contributed by atoms with van der Waals surface area (Å²) in [6.45, 7) is 7.22. The molecule has 0 radical (unpaired) electrons. The molecule has 31 heavy (non-hydrogen) atoms. The second kappa shape index (κ2) is 7.83. The van der Waals surface area contributed by atoms with Gasteiger partial charge in [-0.05, 0) is 130 Å². The van der Waals surface area contributed by atoms with Crippen molar-refractivity contribution in [3.8, 4) is 0 Å². The fourth-order valence-corrected chi connectivity index (χ4v) is 9.37. The third-order valence-corrected chi connectivity index (χ3v) is 11.0. The predicted octanol–water partition coefficient (Wildman–Crippen LogP) is 5.79. The van der Waals surface area contributed by atoms with Gasteiger partial charge >= 0.3 is 0 Å². The molecule has 0 amide bonds. The summed E-state index contributed by atoms with van der Waals surface area (Å²) in [6.07, 6.45) is 16.5. The monoisotopic (exact) mass is 425 g/mol. The summed E-state index contributed by atoms with van der Waals surface area (Å²) in [5, 5.41) is 22.0. The number of nitrogens with zero attached hydrogens (tertiary/aromatic N) is 1. The van der Waals surface area contributed by atoms with Gasteiger partial charge < -0.3 is 10.2 Å². The van der Waals surface area contributed by atoms with Gasteiger partial charge in [-0.1, -0.05) is 19.9 Å². The standard InChI is InChI=1S/C28H43NO2/c1-26-13-11-21(30)17-20(26)6-7-22-23-8-9-25(27(23,2)14-12-24(22)26)28(3,31)15-10-19-5-4-16-29-18-19/h4-5,16,18,20-25,30-31H,6-15,17H2,1-3H3/t20?,21-,22-,23-,24-,25-,26-,27-,28?/m0/s1. The minimum absolute atomic E-state index is 0.0609. The molecule has 0 aliphatic heterocycles. The smallest absolute Gasteiger partial charge is 0.0656 e. The molecule has 4 fully saturated rings. The van der Waals surface area contributed by atoms with E-state index < -0.39 is 5.60 Å². The maximum Gasteiger partial charge on any atom is 0.0656 e. The Bertz CT molecular complexity index is 778. The molecule has 5 rings (SSSR count). The van der Waals surface area contributed by atoms with Crippen LogP contribution in [0, 0.1) is 40.4 Å². The molecule has 1 aromatic heterocycles. The molecule has 0 spiro atoms. The zero-order chi connectivity index (χ0) is 21.9. The van der Waals surface area contributed by atoms with Gasteiger partial charge in [0.25, 0.3) is 0 Å². The van der Waals surface area contributed by atoms with Crippen LogP contribution in [-0.4, -0.2) is 26.9 Å². The lowest BCUT2D eigenvalue weighted by Crippen LogP contribution is -2.55. The Labute approximate surface area is 189 Å². The van der Waals surface area contributed by atoms with Crippen molar-refractivity contribution in [1.29, 1.82) is 0 Å². The van der Waals surface area contributed by atoms with Gasteiger partial charge in [0.15, 0.2) is 0 Å². The van der Waals surface area contributed by atoms with E-state index in [1.807, 2.05) is 18.5 Å². The summed E-state index contributed by atoms with van der Waals surface area (Å²) in [5.41, 5.74) is 1.33. The first-order chi connectivity index (χ1) is 14.7. The van der Waals surface area contributed by atoms with Gasteiger partial charge in [0, 0.05) is 12.4 Å². The number of hydrogen-bond acceptors (Lipinski definition) is 3. The first kappa shape index (κ1) is 21.9. The third-order valence-electron chi connectivity index (χ3n) is 11.0. The average Bonchev–Trinajstić information content (AvgIpc) is 3.12. The molecule has 3 nitrogen and oxygen atoms in total. The van der Waals surface area contributed by atoms with Gasteiger partial charge in [-0.25, -0.2) is 0 Å². The summed E-state index contributed by atoms with van der Waals surface area (Å²) < 4.78 is 0. The molecular weight excluding hydrogens is 382 g/mol. The number of hydrogen-bond donors (Lipinski definition) is 2. The summed E-state index contributed by atoms with van der Waals surface area (Å²) in [6, 6.07) is 4.13. The minimum Gasteiger partial charge on any atom is -0.393 e.